The topological polar surface area (TPSA) is 146 Å². The Hall–Kier alpha value is -1.84. The van der Waals surface area contributed by atoms with Crippen LogP contribution < -0.4 is 5.32 Å². The highest BCUT2D eigenvalue weighted by molar-refractivity contribution is 7.54. The van der Waals surface area contributed by atoms with Crippen LogP contribution in [0.5, 0.6) is 0 Å². The number of piperazine rings is 1. The van der Waals surface area contributed by atoms with E-state index in [1.165, 1.54) is 7.11 Å². The molecule has 0 aromatic rings. The van der Waals surface area contributed by atoms with Gasteiger partial charge in [0.25, 0.3) is 0 Å². The van der Waals surface area contributed by atoms with Crippen molar-refractivity contribution < 1.29 is 27.9 Å². The molecule has 0 aromatic carbocycles. The first-order valence-corrected chi connectivity index (χ1v) is 11.4. The van der Waals surface area contributed by atoms with Crippen molar-refractivity contribution in [3.63, 3.8) is 0 Å². The van der Waals surface area contributed by atoms with Gasteiger partial charge in [-0.2, -0.15) is 0 Å². The molecule has 2 amide bonds. The molecular formula is C16H31N6O6P. The zero-order valence-electron chi connectivity index (χ0n) is 17.3. The Labute approximate surface area is 171 Å². The Balaban J connectivity index is 2.73. The summed E-state index contributed by atoms with van der Waals surface area (Å²) in [4.78, 5) is 31.2. The molecule has 1 rings (SSSR count). The average Bonchev–Trinajstić information content (AvgIpc) is 2.71. The monoisotopic (exact) mass is 434 g/mol. The lowest BCUT2D eigenvalue weighted by Gasteiger charge is -2.36. The van der Waals surface area contributed by atoms with Crippen LogP contribution in [0.2, 0.25) is 0 Å². The highest BCUT2D eigenvalue weighted by atomic mass is 31.2. The lowest BCUT2D eigenvalue weighted by Crippen LogP contribution is -2.56. The van der Waals surface area contributed by atoms with Crippen LogP contribution in [0.25, 0.3) is 10.4 Å². The number of carbonyl (C=O) groups excluding carboxylic acids is 2. The summed E-state index contributed by atoms with van der Waals surface area (Å²) in [5.41, 5.74) is 8.30. The van der Waals surface area contributed by atoms with Crippen LogP contribution in [-0.2, 0) is 23.1 Å². The molecule has 0 unspecified atom stereocenters. The van der Waals surface area contributed by atoms with E-state index in [4.69, 9.17) is 14.6 Å². The highest BCUT2D eigenvalue weighted by Crippen LogP contribution is 2.48. The van der Waals surface area contributed by atoms with Crippen molar-refractivity contribution in [2.75, 3.05) is 65.8 Å². The van der Waals surface area contributed by atoms with Crippen molar-refractivity contribution in [3.05, 3.63) is 10.4 Å². The van der Waals surface area contributed by atoms with Crippen LogP contribution in [0.3, 0.4) is 0 Å². The van der Waals surface area contributed by atoms with Crippen molar-refractivity contribution in [1.82, 2.24) is 15.1 Å². The number of hydrogen-bond acceptors (Lipinski definition) is 8. The van der Waals surface area contributed by atoms with Crippen molar-refractivity contribution in [2.24, 2.45) is 5.11 Å². The van der Waals surface area contributed by atoms with Crippen LogP contribution in [0.15, 0.2) is 5.11 Å². The number of alkyl carbamates (subject to hydrolysis) is 1. The lowest BCUT2D eigenvalue weighted by molar-refractivity contribution is -0.134. The summed E-state index contributed by atoms with van der Waals surface area (Å²) in [6.45, 7) is 7.12. The Morgan fingerprint density at radius 1 is 1.21 bits per heavy atom. The molecule has 0 aromatic heterocycles. The molecule has 0 spiro atoms. The Kier molecular flexibility index (Phi) is 11.6. The van der Waals surface area contributed by atoms with Gasteiger partial charge in [0.15, 0.2) is 0 Å². The quantitative estimate of drug-likeness (QED) is 0.162. The molecule has 0 bridgehead atoms. The van der Waals surface area contributed by atoms with Crippen LogP contribution in [0.4, 0.5) is 4.79 Å². The number of methoxy groups -OCH3 is 1. The number of rotatable bonds is 12. The van der Waals surface area contributed by atoms with Gasteiger partial charge in [0, 0.05) is 37.6 Å². The summed E-state index contributed by atoms with van der Waals surface area (Å²) < 4.78 is 28.0. The first kappa shape index (κ1) is 25.2. The summed E-state index contributed by atoms with van der Waals surface area (Å²) in [7, 11) is -2.36. The first-order valence-electron chi connectivity index (χ1n) is 9.63. The van der Waals surface area contributed by atoms with Gasteiger partial charge in [0.1, 0.15) is 6.04 Å². The lowest BCUT2D eigenvalue weighted by atomic mass is 10.2. The van der Waals surface area contributed by atoms with Gasteiger partial charge in [-0.1, -0.05) is 5.11 Å². The molecule has 1 heterocycles. The predicted octanol–water partition coefficient (Wildman–Crippen LogP) is 1.82. The molecule has 29 heavy (non-hydrogen) atoms. The van der Waals surface area contributed by atoms with E-state index in [1.54, 1.807) is 18.7 Å². The van der Waals surface area contributed by atoms with E-state index in [0.717, 1.165) is 13.0 Å². The number of nitrogens with zero attached hydrogens (tertiary/aromatic N) is 5. The van der Waals surface area contributed by atoms with E-state index < -0.39 is 19.7 Å². The maximum Gasteiger partial charge on any atom is 0.407 e. The maximum absolute atomic E-state index is 13.0. The van der Waals surface area contributed by atoms with E-state index in [1.807, 2.05) is 0 Å². The molecule has 0 radical (unpaired) electrons. The molecule has 166 valence electrons. The van der Waals surface area contributed by atoms with Gasteiger partial charge >= 0.3 is 13.7 Å². The number of nitrogens with one attached hydrogen (secondary N) is 1. The summed E-state index contributed by atoms with van der Waals surface area (Å²) in [6, 6.07) is -1.08. The van der Waals surface area contributed by atoms with Crippen LogP contribution in [-0.4, -0.2) is 93.6 Å². The van der Waals surface area contributed by atoms with Gasteiger partial charge in [-0.05, 0) is 32.3 Å². The molecule has 1 aliphatic rings. The second-order valence-corrected chi connectivity index (χ2v) is 8.40. The van der Waals surface area contributed by atoms with Crippen LogP contribution in [0.1, 0.15) is 20.3 Å². The van der Waals surface area contributed by atoms with Gasteiger partial charge in [-0.25, -0.2) is 4.79 Å². The van der Waals surface area contributed by atoms with Crippen LogP contribution >= 0.6 is 7.60 Å². The zero-order valence-corrected chi connectivity index (χ0v) is 18.2. The summed E-state index contributed by atoms with van der Waals surface area (Å²) in [5.74, 6) is -0.358. The summed E-state index contributed by atoms with van der Waals surface area (Å²) in [5, 5.41) is 5.96. The molecule has 1 saturated heterocycles. The third-order valence-corrected chi connectivity index (χ3v) is 6.43. The third kappa shape index (κ3) is 9.01. The number of azide groups is 1. The van der Waals surface area contributed by atoms with E-state index in [2.05, 4.69) is 25.0 Å². The molecule has 1 fully saturated rings. The van der Waals surface area contributed by atoms with Gasteiger partial charge in [0.2, 0.25) is 5.91 Å². The highest BCUT2D eigenvalue weighted by Gasteiger charge is 2.36. The van der Waals surface area contributed by atoms with Gasteiger partial charge in [-0.15, -0.1) is 0 Å². The normalized spacial score (nSPS) is 16.0. The Morgan fingerprint density at radius 3 is 2.34 bits per heavy atom. The number of amides is 2. The zero-order chi connectivity index (χ0) is 21.7. The molecule has 12 nitrogen and oxygen atoms in total. The largest absolute Gasteiger partial charge is 0.453 e. The smallest absolute Gasteiger partial charge is 0.407 e. The number of ether oxygens (including phenoxy) is 1. The predicted molar refractivity (Wildman–Crippen MR) is 107 cm³/mol. The van der Waals surface area contributed by atoms with Gasteiger partial charge in [0.05, 0.1) is 26.5 Å². The summed E-state index contributed by atoms with van der Waals surface area (Å²) >= 11 is 0. The minimum absolute atomic E-state index is 0.158. The van der Waals surface area contributed by atoms with E-state index in [9.17, 15) is 14.2 Å². The SMILES string of the molecule is CCOP(=O)(C[C@H](NC(=O)OC)C(=O)N1CCN(CCCN=[N+]=[N-])CC1)OCC. The average molecular weight is 434 g/mol. The van der Waals surface area contributed by atoms with E-state index in [0.29, 0.717) is 32.7 Å². The Bertz CT molecular complexity index is 611. The maximum atomic E-state index is 13.0. The van der Waals surface area contributed by atoms with Crippen molar-refractivity contribution in [3.8, 4) is 0 Å². The van der Waals surface area contributed by atoms with Crippen molar-refractivity contribution in [2.45, 2.75) is 26.3 Å². The van der Waals surface area contributed by atoms with E-state index >= 15 is 0 Å². The third-order valence-electron chi connectivity index (χ3n) is 4.31. The first-order chi connectivity index (χ1) is 13.9. The molecule has 0 aliphatic carbocycles. The molecule has 0 saturated carbocycles. The fraction of sp³-hybridized carbons (Fsp3) is 0.875. The fourth-order valence-corrected chi connectivity index (χ4v) is 4.74. The van der Waals surface area contributed by atoms with Crippen molar-refractivity contribution in [1.29, 1.82) is 0 Å². The second-order valence-electron chi connectivity index (χ2n) is 6.29. The molecule has 13 heteroatoms. The van der Waals surface area contributed by atoms with E-state index in [-0.39, 0.29) is 25.3 Å². The fourth-order valence-electron chi connectivity index (χ4n) is 2.97. The molecular weight excluding hydrogens is 403 g/mol. The molecule has 1 N–H and O–H groups in total. The van der Waals surface area contributed by atoms with Gasteiger partial charge in [-0.3, -0.25) is 14.3 Å². The number of carbonyl (C=O) groups is 2. The van der Waals surface area contributed by atoms with Crippen LogP contribution in [0, 0.1) is 0 Å². The standard InChI is InChI=1S/C16H31N6O6P/c1-4-27-29(25,28-5-2)13-14(19-16(24)26-3)15(23)22-11-9-21(10-12-22)8-6-7-18-20-17/h14H,4-13H2,1-3H3,(H,19,24)/t14-/m0/s1. The minimum atomic E-state index is -3.55. The van der Waals surface area contributed by atoms with Gasteiger partial charge < -0.3 is 24.0 Å². The molecule has 1 atom stereocenters. The Morgan fingerprint density at radius 2 is 1.83 bits per heavy atom. The summed E-state index contributed by atoms with van der Waals surface area (Å²) in [6.07, 6.45) is -0.314. The van der Waals surface area contributed by atoms with Crippen molar-refractivity contribution >= 4 is 19.6 Å². The second kappa shape index (κ2) is 13.4. The minimum Gasteiger partial charge on any atom is -0.453 e. The molecule has 1 aliphatic heterocycles. The number of hydrogen-bond donors (Lipinski definition) is 1.